The van der Waals surface area contributed by atoms with Gasteiger partial charge in [-0.25, -0.2) is 0 Å². The lowest BCUT2D eigenvalue weighted by molar-refractivity contribution is 0.392. The van der Waals surface area contributed by atoms with Gasteiger partial charge in [-0.05, 0) is 31.7 Å². The molecule has 0 amide bonds. The molecule has 1 heteroatoms. The molecule has 1 nitrogen and oxygen atoms in total. The maximum absolute atomic E-state index is 2.20. The van der Waals surface area contributed by atoms with Gasteiger partial charge in [0.1, 0.15) is 0 Å². The molecule has 1 heterocycles. The zero-order valence-electron chi connectivity index (χ0n) is 7.41. The van der Waals surface area contributed by atoms with Crippen LogP contribution < -0.4 is 0 Å². The highest BCUT2D eigenvalue weighted by Crippen LogP contribution is 2.14. The predicted octanol–water partition coefficient (Wildman–Crippen LogP) is 2.34. The van der Waals surface area contributed by atoms with Gasteiger partial charge in [0.2, 0.25) is 0 Å². The molecule has 0 saturated heterocycles. The van der Waals surface area contributed by atoms with E-state index in [1.807, 2.05) is 6.92 Å². The summed E-state index contributed by atoms with van der Waals surface area (Å²) in [6, 6.07) is 0.510. The minimum absolute atomic E-state index is 0.510. The Morgan fingerprint density at radius 3 is 2.91 bits per heavy atom. The van der Waals surface area contributed by atoms with Crippen LogP contribution in [-0.2, 0) is 0 Å². The first-order chi connectivity index (χ1) is 5.25. The fraction of sp³-hybridized carbons (Fsp3) is 0.400. The van der Waals surface area contributed by atoms with Crippen molar-refractivity contribution in [2.75, 3.05) is 7.05 Å². The molecule has 1 rings (SSSR count). The Morgan fingerprint density at radius 1 is 1.55 bits per heavy atom. The fourth-order valence-electron chi connectivity index (χ4n) is 1.18. The number of allylic oxidation sites excluding steroid dienone is 3. The maximum Gasteiger partial charge on any atom is 0.0505 e. The van der Waals surface area contributed by atoms with Gasteiger partial charge in [-0.2, -0.15) is 0 Å². The summed E-state index contributed by atoms with van der Waals surface area (Å²) in [5.74, 6) is 0. The summed E-state index contributed by atoms with van der Waals surface area (Å²) in [5, 5.41) is 0. The Morgan fingerprint density at radius 2 is 2.27 bits per heavy atom. The molecule has 1 unspecified atom stereocenters. The third kappa shape index (κ3) is 1.73. The summed E-state index contributed by atoms with van der Waals surface area (Å²) in [4.78, 5) is 2.20. The summed E-state index contributed by atoms with van der Waals surface area (Å²) in [6.07, 6.45) is 10.6. The fourth-order valence-corrected chi connectivity index (χ4v) is 1.18. The second-order valence-electron chi connectivity index (χ2n) is 2.85. The van der Waals surface area contributed by atoms with Crippen LogP contribution >= 0.6 is 0 Å². The van der Waals surface area contributed by atoms with E-state index in [1.165, 1.54) is 5.57 Å². The summed E-state index contributed by atoms with van der Waals surface area (Å²) in [7, 11) is 2.09. The topological polar surface area (TPSA) is 3.24 Å². The minimum Gasteiger partial charge on any atom is -0.374 e. The van der Waals surface area contributed by atoms with Crippen LogP contribution in [0.15, 0.2) is 36.1 Å². The van der Waals surface area contributed by atoms with Gasteiger partial charge in [0.15, 0.2) is 0 Å². The number of likely N-dealkylation sites (N-methyl/N-ethyl adjacent to an activating group) is 1. The van der Waals surface area contributed by atoms with Crippen molar-refractivity contribution in [3.05, 3.63) is 36.1 Å². The van der Waals surface area contributed by atoms with Gasteiger partial charge in [-0.15, -0.1) is 0 Å². The Bertz CT molecular complexity index is 211. The smallest absolute Gasteiger partial charge is 0.0505 e. The molecule has 11 heavy (non-hydrogen) atoms. The van der Waals surface area contributed by atoms with Crippen LogP contribution in [0.4, 0.5) is 0 Å². The van der Waals surface area contributed by atoms with Gasteiger partial charge in [0.25, 0.3) is 0 Å². The summed E-state index contributed by atoms with van der Waals surface area (Å²) in [5.41, 5.74) is 1.37. The highest BCUT2D eigenvalue weighted by molar-refractivity contribution is 5.31. The summed E-state index contributed by atoms with van der Waals surface area (Å²) >= 11 is 0. The van der Waals surface area contributed by atoms with Gasteiger partial charge in [0, 0.05) is 7.05 Å². The highest BCUT2D eigenvalue weighted by Gasteiger charge is 2.10. The molecule has 1 aliphatic heterocycles. The highest BCUT2D eigenvalue weighted by atomic mass is 15.1. The average molecular weight is 149 g/mol. The minimum atomic E-state index is 0.510. The van der Waals surface area contributed by atoms with Crippen LogP contribution in [0.3, 0.4) is 0 Å². The molecular weight excluding hydrogens is 134 g/mol. The van der Waals surface area contributed by atoms with Crippen molar-refractivity contribution in [2.24, 2.45) is 0 Å². The molecule has 60 valence electrons. The van der Waals surface area contributed by atoms with Crippen molar-refractivity contribution in [1.29, 1.82) is 0 Å². The van der Waals surface area contributed by atoms with Crippen molar-refractivity contribution in [2.45, 2.75) is 19.9 Å². The normalized spacial score (nSPS) is 24.5. The van der Waals surface area contributed by atoms with Crippen molar-refractivity contribution < 1.29 is 0 Å². The van der Waals surface area contributed by atoms with Crippen LogP contribution in [0.2, 0.25) is 0 Å². The molecule has 0 bridgehead atoms. The monoisotopic (exact) mass is 149 g/mol. The second kappa shape index (κ2) is 3.42. The lowest BCUT2D eigenvalue weighted by atomic mass is 10.0. The molecule has 0 aliphatic carbocycles. The van der Waals surface area contributed by atoms with Gasteiger partial charge in [-0.1, -0.05) is 18.2 Å². The first kappa shape index (κ1) is 8.12. The molecule has 0 aromatic heterocycles. The standard InChI is InChI=1S/C10H15N/c1-4-6-10-7-5-8-11(3)9(10)2/h4-9H,1-3H3/b6-4-. The van der Waals surface area contributed by atoms with Gasteiger partial charge < -0.3 is 4.90 Å². The van der Waals surface area contributed by atoms with E-state index in [4.69, 9.17) is 0 Å². The summed E-state index contributed by atoms with van der Waals surface area (Å²) in [6.45, 7) is 4.25. The molecule has 0 aromatic carbocycles. The Labute approximate surface area is 68.7 Å². The molecule has 1 aliphatic rings. The van der Waals surface area contributed by atoms with Crippen molar-refractivity contribution in [3.8, 4) is 0 Å². The largest absolute Gasteiger partial charge is 0.374 e. The van der Waals surface area contributed by atoms with Crippen molar-refractivity contribution in [3.63, 3.8) is 0 Å². The van der Waals surface area contributed by atoms with Crippen LogP contribution in [0.5, 0.6) is 0 Å². The third-order valence-electron chi connectivity index (χ3n) is 2.06. The first-order valence-corrected chi connectivity index (χ1v) is 3.98. The third-order valence-corrected chi connectivity index (χ3v) is 2.06. The molecule has 0 spiro atoms. The SMILES string of the molecule is C/C=C\C1=CC=CN(C)C1C. The van der Waals surface area contributed by atoms with Crippen molar-refractivity contribution in [1.82, 2.24) is 4.90 Å². The Hall–Kier alpha value is -0.980. The van der Waals surface area contributed by atoms with E-state index in [0.29, 0.717) is 6.04 Å². The van der Waals surface area contributed by atoms with Gasteiger partial charge >= 0.3 is 0 Å². The van der Waals surface area contributed by atoms with E-state index >= 15 is 0 Å². The van der Waals surface area contributed by atoms with E-state index in [9.17, 15) is 0 Å². The van der Waals surface area contributed by atoms with E-state index in [0.717, 1.165) is 0 Å². The maximum atomic E-state index is 2.20. The average Bonchev–Trinajstić information content (AvgIpc) is 1.99. The molecule has 0 fully saturated rings. The van der Waals surface area contributed by atoms with E-state index in [1.54, 1.807) is 0 Å². The first-order valence-electron chi connectivity index (χ1n) is 3.98. The van der Waals surface area contributed by atoms with Crippen LogP contribution in [0, 0.1) is 0 Å². The number of nitrogens with zero attached hydrogens (tertiary/aromatic N) is 1. The molecule has 0 aromatic rings. The van der Waals surface area contributed by atoms with Gasteiger partial charge in [0.05, 0.1) is 6.04 Å². The summed E-state index contributed by atoms with van der Waals surface area (Å²) < 4.78 is 0. The molecule has 0 N–H and O–H groups in total. The van der Waals surface area contributed by atoms with Crippen LogP contribution in [0.25, 0.3) is 0 Å². The lowest BCUT2D eigenvalue weighted by Crippen LogP contribution is -2.26. The van der Waals surface area contributed by atoms with E-state index in [-0.39, 0.29) is 0 Å². The number of rotatable bonds is 1. The quantitative estimate of drug-likeness (QED) is 0.553. The molecule has 0 radical (unpaired) electrons. The molecule has 0 saturated carbocycles. The number of hydrogen-bond acceptors (Lipinski definition) is 1. The van der Waals surface area contributed by atoms with Crippen molar-refractivity contribution >= 4 is 0 Å². The molecule has 1 atom stereocenters. The lowest BCUT2D eigenvalue weighted by Gasteiger charge is -2.26. The zero-order chi connectivity index (χ0) is 8.27. The van der Waals surface area contributed by atoms with Crippen LogP contribution in [0.1, 0.15) is 13.8 Å². The van der Waals surface area contributed by atoms with E-state index in [2.05, 4.69) is 49.4 Å². The zero-order valence-corrected chi connectivity index (χ0v) is 7.41. The number of hydrogen-bond donors (Lipinski definition) is 0. The Balaban J connectivity index is 2.78. The van der Waals surface area contributed by atoms with Crippen LogP contribution in [-0.4, -0.2) is 18.0 Å². The predicted molar refractivity (Wildman–Crippen MR) is 49.3 cm³/mol. The van der Waals surface area contributed by atoms with E-state index < -0.39 is 0 Å². The van der Waals surface area contributed by atoms with Gasteiger partial charge in [-0.3, -0.25) is 0 Å². The molecular formula is C10H15N. The second-order valence-corrected chi connectivity index (χ2v) is 2.85. The Kier molecular flexibility index (Phi) is 2.53.